The van der Waals surface area contributed by atoms with Crippen molar-refractivity contribution in [3.63, 3.8) is 0 Å². The van der Waals surface area contributed by atoms with Crippen molar-refractivity contribution < 1.29 is 0 Å². The average Bonchev–Trinajstić information content (AvgIpc) is 2.55. The molecule has 1 N–H and O–H groups in total. The van der Waals surface area contributed by atoms with E-state index in [1.54, 1.807) is 10.9 Å². The number of rotatable bonds is 2. The normalized spacial score (nSPS) is 10.5. The zero-order valence-electron chi connectivity index (χ0n) is 8.70. The molecule has 2 aromatic heterocycles. The Balaban J connectivity index is 2.27. The fourth-order valence-corrected chi connectivity index (χ4v) is 1.37. The van der Waals surface area contributed by atoms with Gasteiger partial charge < -0.3 is 5.32 Å². The van der Waals surface area contributed by atoms with E-state index in [-0.39, 0.29) is 5.15 Å². The van der Waals surface area contributed by atoms with Crippen LogP contribution in [0.2, 0.25) is 10.2 Å². The van der Waals surface area contributed by atoms with E-state index in [4.69, 9.17) is 23.2 Å². The summed E-state index contributed by atoms with van der Waals surface area (Å²) in [5.74, 6) is 0.394. The molecule has 0 unspecified atom stereocenters. The van der Waals surface area contributed by atoms with Gasteiger partial charge in [-0.05, 0) is 6.92 Å². The quantitative estimate of drug-likeness (QED) is 0.841. The fraction of sp³-hybridized carbons (Fsp3) is 0.222. The van der Waals surface area contributed by atoms with Gasteiger partial charge in [0, 0.05) is 7.05 Å². The van der Waals surface area contributed by atoms with Crippen LogP contribution in [0, 0.1) is 6.92 Å². The minimum atomic E-state index is 0.223. The third kappa shape index (κ3) is 2.10. The second kappa shape index (κ2) is 4.27. The number of halogens is 2. The van der Waals surface area contributed by atoms with Gasteiger partial charge in [-0.1, -0.05) is 23.2 Å². The molecule has 0 bridgehead atoms. The zero-order valence-corrected chi connectivity index (χ0v) is 10.2. The van der Waals surface area contributed by atoms with Crippen LogP contribution in [0.1, 0.15) is 5.69 Å². The van der Waals surface area contributed by atoms with Gasteiger partial charge in [-0.3, -0.25) is 4.68 Å². The van der Waals surface area contributed by atoms with Crippen LogP contribution in [0.5, 0.6) is 0 Å². The molecule has 0 aliphatic heterocycles. The van der Waals surface area contributed by atoms with Crippen molar-refractivity contribution in [2.24, 2.45) is 7.05 Å². The first-order chi connectivity index (χ1) is 7.58. The summed E-state index contributed by atoms with van der Waals surface area (Å²) in [7, 11) is 1.86. The highest BCUT2D eigenvalue weighted by Crippen LogP contribution is 2.21. The van der Waals surface area contributed by atoms with Crippen LogP contribution in [0.4, 0.5) is 11.6 Å². The molecule has 5 nitrogen and oxygen atoms in total. The fourth-order valence-electron chi connectivity index (χ4n) is 1.15. The summed E-state index contributed by atoms with van der Waals surface area (Å²) in [6.45, 7) is 1.94. The number of nitrogens with zero attached hydrogens (tertiary/aromatic N) is 4. The number of anilines is 2. The van der Waals surface area contributed by atoms with Gasteiger partial charge in [0.1, 0.15) is 0 Å². The topological polar surface area (TPSA) is 55.6 Å². The lowest BCUT2D eigenvalue weighted by Crippen LogP contribution is -1.99. The van der Waals surface area contributed by atoms with Gasteiger partial charge in [-0.2, -0.15) is 10.1 Å². The van der Waals surface area contributed by atoms with Crippen molar-refractivity contribution in [1.82, 2.24) is 19.7 Å². The van der Waals surface area contributed by atoms with Crippen molar-refractivity contribution in [1.29, 1.82) is 0 Å². The summed E-state index contributed by atoms with van der Waals surface area (Å²) in [6, 6.07) is 0. The van der Waals surface area contributed by atoms with E-state index in [1.807, 2.05) is 14.0 Å². The van der Waals surface area contributed by atoms with Crippen molar-refractivity contribution in [3.05, 3.63) is 28.3 Å². The molecular weight excluding hydrogens is 249 g/mol. The molecule has 0 saturated carbocycles. The highest BCUT2D eigenvalue weighted by molar-refractivity contribution is 6.41. The first kappa shape index (κ1) is 11.2. The van der Waals surface area contributed by atoms with Gasteiger partial charge in [0.25, 0.3) is 0 Å². The molecule has 2 rings (SSSR count). The van der Waals surface area contributed by atoms with Crippen LogP contribution in [-0.4, -0.2) is 19.7 Å². The standard InChI is InChI=1S/C9H9Cl2N5/c1-5-7(4-13-16(5)2)14-9-12-3-6(10)8(11)15-9/h3-4H,1-2H3,(H,12,14,15). The van der Waals surface area contributed by atoms with Gasteiger partial charge in [0.05, 0.1) is 28.8 Å². The number of hydrogen-bond donors (Lipinski definition) is 1. The maximum atomic E-state index is 5.78. The minimum Gasteiger partial charge on any atom is -0.321 e. The predicted molar refractivity (Wildman–Crippen MR) is 63.3 cm³/mol. The van der Waals surface area contributed by atoms with Gasteiger partial charge in [-0.15, -0.1) is 0 Å². The third-order valence-corrected chi connectivity index (χ3v) is 2.84. The molecule has 0 amide bonds. The maximum Gasteiger partial charge on any atom is 0.228 e. The van der Waals surface area contributed by atoms with Crippen molar-refractivity contribution in [2.75, 3.05) is 5.32 Å². The molecule has 0 atom stereocenters. The van der Waals surface area contributed by atoms with E-state index in [1.165, 1.54) is 6.20 Å². The van der Waals surface area contributed by atoms with Crippen LogP contribution < -0.4 is 5.32 Å². The van der Waals surface area contributed by atoms with Crippen molar-refractivity contribution in [3.8, 4) is 0 Å². The predicted octanol–water partition coefficient (Wildman–Crippen LogP) is 2.57. The van der Waals surface area contributed by atoms with E-state index in [0.717, 1.165) is 11.4 Å². The third-order valence-electron chi connectivity index (χ3n) is 2.18. The number of nitrogens with one attached hydrogen (secondary N) is 1. The molecule has 0 aliphatic carbocycles. The van der Waals surface area contributed by atoms with Crippen molar-refractivity contribution >= 4 is 34.8 Å². The molecule has 0 aromatic carbocycles. The number of aryl methyl sites for hydroxylation is 1. The molecule has 2 aromatic rings. The Hall–Kier alpha value is -1.33. The molecule has 0 aliphatic rings. The highest BCUT2D eigenvalue weighted by Gasteiger charge is 2.07. The van der Waals surface area contributed by atoms with Crippen molar-refractivity contribution in [2.45, 2.75) is 6.92 Å². The molecule has 16 heavy (non-hydrogen) atoms. The lowest BCUT2D eigenvalue weighted by molar-refractivity contribution is 0.740. The largest absolute Gasteiger partial charge is 0.321 e. The summed E-state index contributed by atoms with van der Waals surface area (Å²) in [5.41, 5.74) is 1.82. The molecule has 0 fully saturated rings. The Morgan fingerprint density at radius 3 is 2.62 bits per heavy atom. The summed E-state index contributed by atoms with van der Waals surface area (Å²) < 4.78 is 1.75. The Labute approximate surface area is 102 Å². The van der Waals surface area contributed by atoms with Gasteiger partial charge in [0.15, 0.2) is 5.15 Å². The summed E-state index contributed by atoms with van der Waals surface area (Å²) in [5, 5.41) is 7.66. The first-order valence-electron chi connectivity index (χ1n) is 4.51. The van der Waals surface area contributed by atoms with Gasteiger partial charge in [-0.25, -0.2) is 4.98 Å². The summed E-state index contributed by atoms with van der Waals surface area (Å²) in [4.78, 5) is 8.00. The number of hydrogen-bond acceptors (Lipinski definition) is 4. The van der Waals surface area contributed by atoms with Crippen LogP contribution in [0.25, 0.3) is 0 Å². The minimum absolute atomic E-state index is 0.223. The van der Waals surface area contributed by atoms with Gasteiger partial charge in [0.2, 0.25) is 5.95 Å². The van der Waals surface area contributed by atoms with E-state index in [2.05, 4.69) is 20.4 Å². The Morgan fingerprint density at radius 1 is 1.31 bits per heavy atom. The molecule has 7 heteroatoms. The smallest absolute Gasteiger partial charge is 0.228 e. The lowest BCUT2D eigenvalue weighted by Gasteiger charge is -2.04. The van der Waals surface area contributed by atoms with E-state index in [9.17, 15) is 0 Å². The second-order valence-electron chi connectivity index (χ2n) is 3.22. The first-order valence-corrected chi connectivity index (χ1v) is 5.27. The monoisotopic (exact) mass is 257 g/mol. The molecule has 0 spiro atoms. The van der Waals surface area contributed by atoms with E-state index in [0.29, 0.717) is 11.0 Å². The Morgan fingerprint density at radius 2 is 2.06 bits per heavy atom. The zero-order chi connectivity index (χ0) is 11.7. The van der Waals surface area contributed by atoms with Crippen LogP contribution in [0.3, 0.4) is 0 Å². The molecule has 0 radical (unpaired) electrons. The Kier molecular flexibility index (Phi) is 2.98. The maximum absolute atomic E-state index is 5.78. The SMILES string of the molecule is Cc1c(Nc2ncc(Cl)c(Cl)n2)cnn1C. The van der Waals surface area contributed by atoms with E-state index < -0.39 is 0 Å². The lowest BCUT2D eigenvalue weighted by atomic mass is 10.4. The molecule has 0 saturated heterocycles. The Bertz CT molecular complexity index is 523. The summed E-state index contributed by atoms with van der Waals surface area (Å²) >= 11 is 11.5. The molecular formula is C9H9Cl2N5. The second-order valence-corrected chi connectivity index (χ2v) is 3.99. The van der Waals surface area contributed by atoms with Crippen LogP contribution in [-0.2, 0) is 7.05 Å². The van der Waals surface area contributed by atoms with E-state index >= 15 is 0 Å². The van der Waals surface area contributed by atoms with Crippen LogP contribution >= 0.6 is 23.2 Å². The number of aromatic nitrogens is 4. The molecule has 84 valence electrons. The summed E-state index contributed by atoms with van der Waals surface area (Å²) in [6.07, 6.45) is 3.14. The average molecular weight is 258 g/mol. The molecule has 2 heterocycles. The highest BCUT2D eigenvalue weighted by atomic mass is 35.5. The van der Waals surface area contributed by atoms with Gasteiger partial charge >= 0.3 is 0 Å². The van der Waals surface area contributed by atoms with Crippen LogP contribution in [0.15, 0.2) is 12.4 Å².